The van der Waals surface area contributed by atoms with E-state index >= 15 is 0 Å². The molecule has 4 atom stereocenters. The van der Waals surface area contributed by atoms with Crippen molar-refractivity contribution in [1.29, 1.82) is 0 Å². The molecule has 244 valence electrons. The number of hydrogen-bond donors (Lipinski definition) is 2. The number of anilines is 1. The van der Waals surface area contributed by atoms with Crippen molar-refractivity contribution in [1.82, 2.24) is 10.2 Å². The number of morpholine rings is 1. The smallest absolute Gasteiger partial charge is 0.412 e. The first-order valence-electron chi connectivity index (χ1n) is 16.5. The van der Waals surface area contributed by atoms with Crippen LogP contribution in [0.25, 0.3) is 0 Å². The van der Waals surface area contributed by atoms with Gasteiger partial charge >= 0.3 is 6.09 Å². The van der Waals surface area contributed by atoms with E-state index in [0.717, 1.165) is 57.8 Å². The van der Waals surface area contributed by atoms with Crippen LogP contribution in [0.1, 0.15) is 77.7 Å². The Kier molecular flexibility index (Phi) is 13.5. The van der Waals surface area contributed by atoms with Crippen molar-refractivity contribution < 1.29 is 33.2 Å². The highest BCUT2D eigenvalue weighted by molar-refractivity contribution is 5.84. The first-order chi connectivity index (χ1) is 20.8. The van der Waals surface area contributed by atoms with Gasteiger partial charge in [0.2, 0.25) is 5.79 Å². The second-order valence-corrected chi connectivity index (χ2v) is 12.6. The molecular weight excluding hydrogens is 550 g/mol. The number of rotatable bonds is 18. The van der Waals surface area contributed by atoms with E-state index in [0.29, 0.717) is 18.8 Å². The Bertz CT molecular complexity index is 956. The van der Waals surface area contributed by atoms with Crippen molar-refractivity contribution in [3.05, 3.63) is 29.8 Å². The molecule has 1 aromatic rings. The van der Waals surface area contributed by atoms with Gasteiger partial charge in [-0.3, -0.25) is 10.2 Å². The molecule has 0 aromatic heterocycles. The molecule has 0 spiro atoms. The zero-order valence-corrected chi connectivity index (χ0v) is 26.9. The number of unbranched alkanes of at least 4 members (excludes halogenated alkanes) is 7. The number of ether oxygens (including phenoxy) is 6. The van der Waals surface area contributed by atoms with E-state index in [-0.39, 0.29) is 6.61 Å². The minimum absolute atomic E-state index is 0.210. The Morgan fingerprint density at radius 2 is 1.70 bits per heavy atom. The van der Waals surface area contributed by atoms with Crippen LogP contribution in [0, 0.1) is 6.92 Å². The van der Waals surface area contributed by atoms with E-state index in [1.54, 1.807) is 0 Å². The maximum absolute atomic E-state index is 13.1. The van der Waals surface area contributed by atoms with Crippen molar-refractivity contribution in [2.75, 3.05) is 64.5 Å². The molecule has 10 heteroatoms. The Hall–Kier alpha value is -1.79. The minimum atomic E-state index is -1.16. The monoisotopic (exact) mass is 605 g/mol. The molecule has 0 bridgehead atoms. The maximum atomic E-state index is 13.1. The summed E-state index contributed by atoms with van der Waals surface area (Å²) in [6.45, 7) is 14.4. The number of carbonyl (C=O) groups is 1. The predicted octanol–water partition coefficient (Wildman–Crippen LogP) is 5.24. The molecule has 3 aliphatic heterocycles. The van der Waals surface area contributed by atoms with Crippen LogP contribution in [0.3, 0.4) is 0 Å². The highest BCUT2D eigenvalue weighted by atomic mass is 16.9. The van der Waals surface area contributed by atoms with Gasteiger partial charge in [0, 0.05) is 45.0 Å². The second-order valence-electron chi connectivity index (χ2n) is 12.6. The van der Waals surface area contributed by atoms with Crippen LogP contribution in [0.15, 0.2) is 24.3 Å². The number of fused-ring (bicyclic) bond motifs is 1. The molecular formula is C33H55N3O7. The van der Waals surface area contributed by atoms with E-state index in [4.69, 9.17) is 28.4 Å². The molecule has 3 aliphatic rings. The molecule has 3 saturated heterocycles. The first kappa shape index (κ1) is 34.1. The van der Waals surface area contributed by atoms with E-state index in [9.17, 15) is 4.79 Å². The molecule has 0 saturated carbocycles. The molecule has 1 aromatic carbocycles. The molecule has 4 rings (SSSR count). The van der Waals surface area contributed by atoms with Gasteiger partial charge in [0.25, 0.3) is 0 Å². The lowest BCUT2D eigenvalue weighted by Gasteiger charge is -2.29. The van der Waals surface area contributed by atoms with Gasteiger partial charge in [0.1, 0.15) is 12.7 Å². The van der Waals surface area contributed by atoms with E-state index in [1.165, 1.54) is 38.5 Å². The number of hydrogen-bond acceptors (Lipinski definition) is 9. The number of benzene rings is 1. The summed E-state index contributed by atoms with van der Waals surface area (Å²) < 4.78 is 37.0. The van der Waals surface area contributed by atoms with Crippen LogP contribution in [0.5, 0.6) is 0 Å². The standard InChI is InChI=1S/C33H55N3O7/c1-5-6-7-8-9-10-11-12-21-39-25-33-30(42-32(3,4)43-33)29(40-31(37)35-27-15-13-26(2)14-16-27)28(41-33)24-34-17-18-36-19-22-38-23-20-36/h13-16,28-30,34H,5-12,17-25H2,1-4H3,(H,35,37)/t28-,29+,30-,33-/m0/s1. The summed E-state index contributed by atoms with van der Waals surface area (Å²) in [5.41, 5.74) is 1.78. The SMILES string of the molecule is CCCCCCCCCCOC[C@@]12O[C@@H](CNCCN3CCOCC3)[C@@H](OC(=O)Nc3ccc(C)cc3)[C@@H]1OC(C)(C)O2. The summed E-state index contributed by atoms with van der Waals surface area (Å²) >= 11 is 0. The van der Waals surface area contributed by atoms with Gasteiger partial charge in [-0.1, -0.05) is 69.6 Å². The summed E-state index contributed by atoms with van der Waals surface area (Å²) in [5, 5.41) is 6.34. The van der Waals surface area contributed by atoms with Crippen LogP contribution in [0.4, 0.5) is 10.5 Å². The third-order valence-corrected chi connectivity index (χ3v) is 8.32. The minimum Gasteiger partial charge on any atom is -0.440 e. The number of aryl methyl sites for hydroxylation is 1. The normalized spacial score (nSPS) is 26.8. The summed E-state index contributed by atoms with van der Waals surface area (Å²) in [6.07, 6.45) is 7.55. The molecule has 3 fully saturated rings. The Morgan fingerprint density at radius 1 is 1.00 bits per heavy atom. The van der Waals surface area contributed by atoms with Crippen molar-refractivity contribution in [2.45, 2.75) is 109 Å². The van der Waals surface area contributed by atoms with Gasteiger partial charge in [-0.05, 0) is 39.3 Å². The lowest BCUT2D eigenvalue weighted by molar-refractivity contribution is -0.277. The molecule has 1 amide bonds. The number of amides is 1. The van der Waals surface area contributed by atoms with Crippen LogP contribution in [-0.2, 0) is 28.4 Å². The van der Waals surface area contributed by atoms with Crippen molar-refractivity contribution in [2.24, 2.45) is 0 Å². The van der Waals surface area contributed by atoms with Crippen molar-refractivity contribution in [3.63, 3.8) is 0 Å². The van der Waals surface area contributed by atoms with Crippen LogP contribution in [-0.4, -0.2) is 100 Å². The summed E-state index contributed by atoms with van der Waals surface area (Å²) in [6, 6.07) is 7.60. The third-order valence-electron chi connectivity index (χ3n) is 8.32. The van der Waals surface area contributed by atoms with Gasteiger partial charge < -0.3 is 33.7 Å². The number of carbonyl (C=O) groups excluding carboxylic acids is 1. The lowest BCUT2D eigenvalue weighted by Crippen LogP contribution is -2.46. The van der Waals surface area contributed by atoms with E-state index < -0.39 is 36.0 Å². The fourth-order valence-corrected chi connectivity index (χ4v) is 6.03. The Balaban J connectivity index is 1.34. The van der Waals surface area contributed by atoms with Gasteiger partial charge in [0.15, 0.2) is 18.0 Å². The first-order valence-corrected chi connectivity index (χ1v) is 16.5. The van der Waals surface area contributed by atoms with Gasteiger partial charge in [0.05, 0.1) is 13.2 Å². The van der Waals surface area contributed by atoms with Crippen molar-refractivity contribution in [3.8, 4) is 0 Å². The van der Waals surface area contributed by atoms with E-state index in [2.05, 4.69) is 22.5 Å². The molecule has 0 unspecified atom stereocenters. The third kappa shape index (κ3) is 10.7. The zero-order chi connectivity index (χ0) is 30.5. The van der Waals surface area contributed by atoms with Gasteiger partial charge in [-0.25, -0.2) is 4.79 Å². The molecule has 0 aliphatic carbocycles. The number of nitrogens with one attached hydrogen (secondary N) is 2. The molecule has 2 N–H and O–H groups in total. The average Bonchev–Trinajstić information content (AvgIpc) is 3.40. The molecule has 43 heavy (non-hydrogen) atoms. The fraction of sp³-hybridized carbons (Fsp3) is 0.788. The Morgan fingerprint density at radius 3 is 2.42 bits per heavy atom. The highest BCUT2D eigenvalue weighted by Gasteiger charge is 2.66. The van der Waals surface area contributed by atoms with E-state index in [1.807, 2.05) is 45.0 Å². The lowest BCUT2D eigenvalue weighted by atomic mass is 10.1. The van der Waals surface area contributed by atoms with Crippen LogP contribution < -0.4 is 10.6 Å². The molecule has 10 nitrogen and oxygen atoms in total. The fourth-order valence-electron chi connectivity index (χ4n) is 6.03. The quantitative estimate of drug-likeness (QED) is 0.218. The summed E-state index contributed by atoms with van der Waals surface area (Å²) in [4.78, 5) is 15.5. The summed E-state index contributed by atoms with van der Waals surface area (Å²) in [7, 11) is 0. The van der Waals surface area contributed by atoms with Crippen LogP contribution >= 0.6 is 0 Å². The second kappa shape index (κ2) is 17.1. The maximum Gasteiger partial charge on any atom is 0.412 e. The highest BCUT2D eigenvalue weighted by Crippen LogP contribution is 2.46. The number of nitrogens with zero attached hydrogens (tertiary/aromatic N) is 1. The van der Waals surface area contributed by atoms with Crippen molar-refractivity contribution >= 4 is 11.8 Å². The van der Waals surface area contributed by atoms with Gasteiger partial charge in [-0.15, -0.1) is 0 Å². The zero-order valence-electron chi connectivity index (χ0n) is 26.9. The van der Waals surface area contributed by atoms with Gasteiger partial charge in [-0.2, -0.15) is 0 Å². The molecule has 3 heterocycles. The summed E-state index contributed by atoms with van der Waals surface area (Å²) in [5.74, 6) is -2.06. The largest absolute Gasteiger partial charge is 0.440 e. The molecule has 0 radical (unpaired) electrons. The topological polar surface area (TPSA) is 99.8 Å². The van der Waals surface area contributed by atoms with Crippen LogP contribution in [0.2, 0.25) is 0 Å². The Labute approximate surface area is 258 Å². The average molecular weight is 606 g/mol. The predicted molar refractivity (Wildman–Crippen MR) is 166 cm³/mol.